The molecule has 1 amide bonds. The molecule has 9 heteroatoms. The van der Waals surface area contributed by atoms with Crippen molar-refractivity contribution in [2.45, 2.75) is 18.6 Å². The van der Waals surface area contributed by atoms with Gasteiger partial charge in [0, 0.05) is 26.3 Å². The molecule has 0 aromatic heterocycles. The Hall–Kier alpha value is -2.03. The van der Waals surface area contributed by atoms with Crippen molar-refractivity contribution in [1.29, 1.82) is 0 Å². The van der Waals surface area contributed by atoms with Crippen LogP contribution in [0, 0.1) is 0 Å². The van der Waals surface area contributed by atoms with Crippen LogP contribution in [0.1, 0.15) is 16.8 Å². The van der Waals surface area contributed by atoms with E-state index < -0.39 is 5.97 Å². The van der Waals surface area contributed by atoms with E-state index in [0.717, 1.165) is 0 Å². The molecule has 2 atom stereocenters. The van der Waals surface area contributed by atoms with Crippen LogP contribution in [0.3, 0.4) is 0 Å². The zero-order chi connectivity index (χ0) is 18.6. The van der Waals surface area contributed by atoms with E-state index in [2.05, 4.69) is 5.32 Å². The van der Waals surface area contributed by atoms with Crippen molar-refractivity contribution in [3.05, 3.63) is 22.7 Å². The number of piperidine rings is 1. The first-order valence-electron chi connectivity index (χ1n) is 7.76. The van der Waals surface area contributed by atoms with Crippen molar-refractivity contribution in [2.75, 3.05) is 39.6 Å². The maximum absolute atomic E-state index is 12.6. The Labute approximate surface area is 150 Å². The number of hydrogen-bond acceptors (Lipinski definition) is 6. The van der Waals surface area contributed by atoms with Crippen molar-refractivity contribution in [3.8, 4) is 5.75 Å². The topological polar surface area (TPSA) is 114 Å². The third kappa shape index (κ3) is 4.75. The maximum Gasteiger partial charge on any atom is 0.317 e. The highest BCUT2D eigenvalue weighted by Crippen LogP contribution is 2.29. The highest BCUT2D eigenvalue weighted by molar-refractivity contribution is 6.33. The van der Waals surface area contributed by atoms with E-state index in [4.69, 9.17) is 31.9 Å². The van der Waals surface area contributed by atoms with Gasteiger partial charge < -0.3 is 25.6 Å². The van der Waals surface area contributed by atoms with Crippen LogP contribution in [0.2, 0.25) is 5.02 Å². The number of benzene rings is 1. The maximum atomic E-state index is 12.6. The van der Waals surface area contributed by atoms with Crippen LogP contribution < -0.4 is 15.8 Å². The summed E-state index contributed by atoms with van der Waals surface area (Å²) >= 11 is 6.01. The van der Waals surface area contributed by atoms with Crippen LogP contribution in [0.15, 0.2) is 12.1 Å². The summed E-state index contributed by atoms with van der Waals surface area (Å²) in [5.41, 5.74) is 6.34. The number of carbonyl (C=O) groups excluding carboxylic acids is 1. The number of nitrogens with one attached hydrogen (secondary N) is 1. The van der Waals surface area contributed by atoms with E-state index >= 15 is 0 Å². The molecule has 1 heterocycles. The second-order valence-corrected chi connectivity index (χ2v) is 6.25. The molecule has 8 nitrogen and oxygen atoms in total. The third-order valence-corrected chi connectivity index (χ3v) is 4.51. The lowest BCUT2D eigenvalue weighted by Gasteiger charge is -2.37. The highest BCUT2D eigenvalue weighted by Gasteiger charge is 2.32. The summed E-state index contributed by atoms with van der Waals surface area (Å²) in [5, 5.41) is 12.1. The highest BCUT2D eigenvalue weighted by atomic mass is 35.5. The zero-order valence-corrected chi connectivity index (χ0v) is 14.9. The Kier molecular flexibility index (Phi) is 6.46. The predicted octanol–water partition coefficient (Wildman–Crippen LogP) is 0.835. The van der Waals surface area contributed by atoms with Crippen LogP contribution in [0.5, 0.6) is 5.75 Å². The fraction of sp³-hybridized carbons (Fsp3) is 0.500. The molecule has 1 aromatic carbocycles. The van der Waals surface area contributed by atoms with Gasteiger partial charge >= 0.3 is 5.97 Å². The van der Waals surface area contributed by atoms with Crippen LogP contribution in [-0.4, -0.2) is 67.9 Å². The Bertz CT molecular complexity index is 655. The molecule has 1 aliphatic heterocycles. The van der Waals surface area contributed by atoms with Gasteiger partial charge in [-0.05, 0) is 12.5 Å². The summed E-state index contributed by atoms with van der Waals surface area (Å²) in [7, 11) is 2.98. The monoisotopic (exact) mass is 371 g/mol. The molecule has 1 aliphatic rings. The first-order valence-corrected chi connectivity index (χ1v) is 8.14. The van der Waals surface area contributed by atoms with Crippen LogP contribution in [0.25, 0.3) is 0 Å². The molecule has 0 radical (unpaired) electrons. The van der Waals surface area contributed by atoms with Crippen LogP contribution in [-0.2, 0) is 9.53 Å². The average Bonchev–Trinajstić information content (AvgIpc) is 2.57. The van der Waals surface area contributed by atoms with Gasteiger partial charge in [-0.3, -0.25) is 14.5 Å². The van der Waals surface area contributed by atoms with E-state index in [-0.39, 0.29) is 35.2 Å². The second kappa shape index (κ2) is 8.37. The number of carboxylic acids is 1. The number of anilines is 1. The normalized spacial score (nSPS) is 20.9. The van der Waals surface area contributed by atoms with Crippen molar-refractivity contribution in [1.82, 2.24) is 10.2 Å². The molecule has 0 bridgehead atoms. The molecule has 138 valence electrons. The number of aliphatic carboxylic acids is 1. The predicted molar refractivity (Wildman–Crippen MR) is 93.2 cm³/mol. The summed E-state index contributed by atoms with van der Waals surface area (Å²) in [6, 6.07) is 2.72. The number of carboxylic acid groups (broad SMARTS) is 1. The lowest BCUT2D eigenvalue weighted by atomic mass is 10.0. The number of rotatable bonds is 6. The minimum Gasteiger partial charge on any atom is -0.496 e. The summed E-state index contributed by atoms with van der Waals surface area (Å²) in [5.74, 6) is -0.909. The summed E-state index contributed by atoms with van der Waals surface area (Å²) in [4.78, 5) is 25.2. The number of carbonyl (C=O) groups is 2. The fourth-order valence-electron chi connectivity index (χ4n) is 2.88. The fourth-order valence-corrected chi connectivity index (χ4v) is 3.04. The Morgan fingerprint density at radius 2 is 2.16 bits per heavy atom. The van der Waals surface area contributed by atoms with Gasteiger partial charge in [0.2, 0.25) is 0 Å². The van der Waals surface area contributed by atoms with Gasteiger partial charge in [-0.25, -0.2) is 0 Å². The standard InChI is InChI=1S/C16H22ClN3O5/c1-24-13-6-11(18)10(17)5-9(13)16(23)19-12-3-4-20(8-15(21)22)7-14(12)25-2/h5-6,12,14H,3-4,7-8,18H2,1-2H3,(H,19,23)(H,21,22)/t12-,14-/m0/s1. The van der Waals surface area contributed by atoms with Crippen LogP contribution >= 0.6 is 11.6 Å². The molecular formula is C16H22ClN3O5. The van der Waals surface area contributed by atoms with Gasteiger partial charge in [0.1, 0.15) is 5.75 Å². The van der Waals surface area contributed by atoms with Gasteiger partial charge in [0.15, 0.2) is 0 Å². The van der Waals surface area contributed by atoms with E-state index in [1.807, 2.05) is 0 Å². The van der Waals surface area contributed by atoms with E-state index in [1.165, 1.54) is 26.4 Å². The number of nitrogens with zero attached hydrogens (tertiary/aromatic N) is 1. The van der Waals surface area contributed by atoms with Crippen molar-refractivity contribution < 1.29 is 24.2 Å². The minimum absolute atomic E-state index is 0.0537. The molecule has 0 spiro atoms. The number of hydrogen-bond donors (Lipinski definition) is 3. The molecule has 25 heavy (non-hydrogen) atoms. The van der Waals surface area contributed by atoms with Gasteiger partial charge in [-0.2, -0.15) is 0 Å². The van der Waals surface area contributed by atoms with E-state index in [1.54, 1.807) is 4.90 Å². The third-order valence-electron chi connectivity index (χ3n) is 4.18. The van der Waals surface area contributed by atoms with E-state index in [9.17, 15) is 9.59 Å². The number of ether oxygens (including phenoxy) is 2. The van der Waals surface area contributed by atoms with Crippen molar-refractivity contribution in [3.63, 3.8) is 0 Å². The molecule has 4 N–H and O–H groups in total. The molecule has 2 rings (SSSR count). The molecule has 0 aliphatic carbocycles. The van der Waals surface area contributed by atoms with Crippen LogP contribution in [0.4, 0.5) is 5.69 Å². The number of nitrogens with two attached hydrogens (primary N) is 1. The van der Waals surface area contributed by atoms with E-state index in [0.29, 0.717) is 30.9 Å². The van der Waals surface area contributed by atoms with Gasteiger partial charge in [0.05, 0.1) is 42.1 Å². The van der Waals surface area contributed by atoms with Gasteiger partial charge in [-0.1, -0.05) is 11.6 Å². The Morgan fingerprint density at radius 3 is 2.76 bits per heavy atom. The second-order valence-electron chi connectivity index (χ2n) is 5.85. The quantitative estimate of drug-likeness (QED) is 0.634. The lowest BCUT2D eigenvalue weighted by molar-refractivity contribution is -0.139. The van der Waals surface area contributed by atoms with Crippen molar-refractivity contribution >= 4 is 29.2 Å². The van der Waals surface area contributed by atoms with Gasteiger partial charge in [0.25, 0.3) is 5.91 Å². The summed E-state index contributed by atoms with van der Waals surface area (Å²) < 4.78 is 10.6. The number of methoxy groups -OCH3 is 2. The largest absolute Gasteiger partial charge is 0.496 e. The van der Waals surface area contributed by atoms with Gasteiger partial charge in [-0.15, -0.1) is 0 Å². The SMILES string of the molecule is COc1cc(N)c(Cl)cc1C(=O)N[C@H]1CCN(CC(=O)O)C[C@@H]1OC. The van der Waals surface area contributed by atoms with Crippen molar-refractivity contribution in [2.24, 2.45) is 0 Å². The molecule has 1 aromatic rings. The molecule has 0 saturated carbocycles. The first kappa shape index (κ1) is 19.3. The summed E-state index contributed by atoms with van der Waals surface area (Å²) in [6.07, 6.45) is 0.259. The zero-order valence-electron chi connectivity index (χ0n) is 14.1. The first-order chi connectivity index (χ1) is 11.8. The molecule has 0 unspecified atom stereocenters. The lowest BCUT2D eigenvalue weighted by Crippen LogP contribution is -2.55. The number of nitrogen functional groups attached to an aromatic ring is 1. The Morgan fingerprint density at radius 1 is 1.44 bits per heavy atom. The number of amides is 1. The summed E-state index contributed by atoms with van der Waals surface area (Å²) in [6.45, 7) is 0.923. The number of likely N-dealkylation sites (tertiary alicyclic amines) is 1. The smallest absolute Gasteiger partial charge is 0.317 e. The average molecular weight is 372 g/mol. The number of halogens is 1. The molecule has 1 fully saturated rings. The minimum atomic E-state index is -0.890. The Balaban J connectivity index is 2.10. The molecular weight excluding hydrogens is 350 g/mol. The molecule has 1 saturated heterocycles.